The van der Waals surface area contributed by atoms with Crippen LogP contribution in [-0.2, 0) is 12.8 Å². The summed E-state index contributed by atoms with van der Waals surface area (Å²) in [5.74, 6) is 3.06. The van der Waals surface area contributed by atoms with Crippen molar-refractivity contribution < 1.29 is 0 Å². The number of nitrogens with zero attached hydrogens (tertiary/aromatic N) is 2. The van der Waals surface area contributed by atoms with E-state index in [-0.39, 0.29) is 0 Å². The van der Waals surface area contributed by atoms with Crippen molar-refractivity contribution in [2.45, 2.75) is 63.3 Å². The topological polar surface area (TPSA) is 32.5 Å². The van der Waals surface area contributed by atoms with E-state index in [9.17, 15) is 0 Å². The van der Waals surface area contributed by atoms with Crippen molar-refractivity contribution in [2.24, 2.45) is 23.5 Å². The Morgan fingerprint density at radius 3 is 1.72 bits per heavy atom. The molecule has 7 rings (SSSR count). The standard InChI is InChI=1S/C19H24N2.C10H17N/c1-20(2)14-7-15-21-18-10-5-3-8-16(18)12-13-17-9-4-6-11-19(17)21;11-10-4-7-1-8(5-10)3-9(2-7)6-10/h3-6,8-11H,7,12-15H2,1-2H3;7-9H,1-6,11H2. The molecule has 2 aromatic rings. The number of fused-ring (bicyclic) bond motifs is 2. The summed E-state index contributed by atoms with van der Waals surface area (Å²) in [4.78, 5) is 4.77. The van der Waals surface area contributed by atoms with E-state index in [4.69, 9.17) is 5.73 Å². The molecule has 4 aliphatic carbocycles. The van der Waals surface area contributed by atoms with E-state index in [0.717, 1.165) is 43.7 Å². The van der Waals surface area contributed by atoms with Crippen molar-refractivity contribution in [1.29, 1.82) is 0 Å². The number of hydrogen-bond acceptors (Lipinski definition) is 3. The zero-order chi connectivity index (χ0) is 22.1. The highest BCUT2D eigenvalue weighted by Crippen LogP contribution is 2.54. The molecule has 4 bridgehead atoms. The minimum absolute atomic E-state index is 0.300. The molecular formula is C29H41N3. The van der Waals surface area contributed by atoms with E-state index in [0.29, 0.717) is 5.54 Å². The summed E-state index contributed by atoms with van der Waals surface area (Å²) < 4.78 is 0. The molecule has 4 fully saturated rings. The van der Waals surface area contributed by atoms with Crippen LogP contribution >= 0.6 is 0 Å². The average Bonchev–Trinajstić information content (AvgIpc) is 2.90. The van der Waals surface area contributed by atoms with Gasteiger partial charge in [0.2, 0.25) is 0 Å². The van der Waals surface area contributed by atoms with Crippen LogP contribution in [0.4, 0.5) is 11.4 Å². The van der Waals surface area contributed by atoms with Gasteiger partial charge >= 0.3 is 0 Å². The number of hydrogen-bond donors (Lipinski definition) is 1. The van der Waals surface area contributed by atoms with Gasteiger partial charge < -0.3 is 15.5 Å². The summed E-state index contributed by atoms with van der Waals surface area (Å²) in [6.45, 7) is 2.20. The molecule has 3 nitrogen and oxygen atoms in total. The monoisotopic (exact) mass is 431 g/mol. The van der Waals surface area contributed by atoms with Crippen LogP contribution in [0.5, 0.6) is 0 Å². The molecule has 2 aromatic carbocycles. The zero-order valence-corrected chi connectivity index (χ0v) is 20.1. The molecule has 172 valence electrons. The molecule has 5 aliphatic rings. The van der Waals surface area contributed by atoms with Gasteiger partial charge in [-0.1, -0.05) is 36.4 Å². The number of rotatable bonds is 4. The summed E-state index contributed by atoms with van der Waals surface area (Å²) >= 11 is 0. The van der Waals surface area contributed by atoms with Crippen LogP contribution in [0.15, 0.2) is 48.5 Å². The molecule has 0 unspecified atom stereocenters. The molecule has 2 N–H and O–H groups in total. The highest BCUT2D eigenvalue weighted by molar-refractivity contribution is 5.71. The molecule has 1 heterocycles. The average molecular weight is 432 g/mol. The fraction of sp³-hybridized carbons (Fsp3) is 0.586. The first-order valence-corrected chi connectivity index (χ1v) is 12.9. The molecule has 0 radical (unpaired) electrons. The number of anilines is 2. The first-order valence-electron chi connectivity index (χ1n) is 12.9. The van der Waals surface area contributed by atoms with Crippen molar-refractivity contribution >= 4 is 11.4 Å². The van der Waals surface area contributed by atoms with Crippen molar-refractivity contribution in [2.75, 3.05) is 32.1 Å². The number of aryl methyl sites for hydroxylation is 2. The number of para-hydroxylation sites is 2. The van der Waals surface area contributed by atoms with Crippen molar-refractivity contribution in [3.63, 3.8) is 0 Å². The molecular weight excluding hydrogens is 390 g/mol. The van der Waals surface area contributed by atoms with Gasteiger partial charge in [0.05, 0.1) is 0 Å². The van der Waals surface area contributed by atoms with Crippen molar-refractivity contribution in [3.05, 3.63) is 59.7 Å². The third kappa shape index (κ3) is 4.75. The van der Waals surface area contributed by atoms with Crippen LogP contribution in [0.3, 0.4) is 0 Å². The minimum atomic E-state index is 0.300. The maximum absolute atomic E-state index is 6.32. The first-order chi connectivity index (χ1) is 15.5. The molecule has 0 atom stereocenters. The summed E-state index contributed by atoms with van der Waals surface area (Å²) in [5, 5.41) is 0. The van der Waals surface area contributed by atoms with Crippen LogP contribution in [0.2, 0.25) is 0 Å². The number of benzene rings is 2. The van der Waals surface area contributed by atoms with E-state index in [1.807, 2.05) is 0 Å². The van der Waals surface area contributed by atoms with Crippen LogP contribution < -0.4 is 10.6 Å². The fourth-order valence-corrected chi connectivity index (χ4v) is 7.33. The summed E-state index contributed by atoms with van der Waals surface area (Å²) in [6, 6.07) is 17.7. The van der Waals surface area contributed by atoms with E-state index in [1.54, 1.807) is 0 Å². The van der Waals surface area contributed by atoms with Crippen LogP contribution in [-0.4, -0.2) is 37.6 Å². The molecule has 1 aliphatic heterocycles. The molecule has 0 spiro atoms. The molecule has 0 amide bonds. The van der Waals surface area contributed by atoms with Gasteiger partial charge in [-0.05, 0) is 119 Å². The second-order valence-electron chi connectivity index (χ2n) is 11.3. The lowest BCUT2D eigenvalue weighted by Crippen LogP contribution is -2.55. The SMILES string of the molecule is CN(C)CCCN1c2ccccc2CCc2ccccc21.NC12CC3CC(CC(C3)C1)C2. The lowest BCUT2D eigenvalue weighted by molar-refractivity contribution is 0.000365. The van der Waals surface area contributed by atoms with Crippen LogP contribution in [0.25, 0.3) is 0 Å². The lowest BCUT2D eigenvalue weighted by Gasteiger charge is -2.55. The molecule has 0 aromatic heterocycles. The fourth-order valence-electron chi connectivity index (χ4n) is 7.33. The highest BCUT2D eigenvalue weighted by atomic mass is 15.1. The van der Waals surface area contributed by atoms with Gasteiger partial charge in [-0.3, -0.25) is 0 Å². The largest absolute Gasteiger partial charge is 0.341 e. The Kier molecular flexibility index (Phi) is 6.31. The van der Waals surface area contributed by atoms with Gasteiger partial charge in [0.15, 0.2) is 0 Å². The van der Waals surface area contributed by atoms with E-state index < -0.39 is 0 Å². The summed E-state index contributed by atoms with van der Waals surface area (Å²) in [6.07, 6.45) is 12.0. The smallest absolute Gasteiger partial charge is 0.0443 e. The van der Waals surface area contributed by atoms with Crippen molar-refractivity contribution in [1.82, 2.24) is 4.90 Å². The van der Waals surface area contributed by atoms with Gasteiger partial charge in [-0.2, -0.15) is 0 Å². The second kappa shape index (κ2) is 9.19. The lowest BCUT2D eigenvalue weighted by atomic mass is 9.53. The Hall–Kier alpha value is -1.84. The van der Waals surface area contributed by atoms with Gasteiger partial charge in [-0.25, -0.2) is 0 Å². The van der Waals surface area contributed by atoms with Crippen LogP contribution in [0, 0.1) is 17.8 Å². The Labute approximate surface area is 195 Å². The molecule has 3 heteroatoms. The normalized spacial score (nSPS) is 29.8. The number of nitrogens with two attached hydrogens (primary N) is 1. The molecule has 4 saturated carbocycles. The molecule has 32 heavy (non-hydrogen) atoms. The zero-order valence-electron chi connectivity index (χ0n) is 20.1. The predicted octanol–water partition coefficient (Wildman–Crippen LogP) is 5.79. The Morgan fingerprint density at radius 2 is 1.28 bits per heavy atom. The van der Waals surface area contributed by atoms with E-state index >= 15 is 0 Å². The van der Waals surface area contributed by atoms with Crippen LogP contribution in [0.1, 0.15) is 56.1 Å². The Morgan fingerprint density at radius 1 is 0.812 bits per heavy atom. The first kappa shape index (κ1) is 22.0. The van der Waals surface area contributed by atoms with Crippen molar-refractivity contribution in [3.8, 4) is 0 Å². The van der Waals surface area contributed by atoms with Gasteiger partial charge in [-0.15, -0.1) is 0 Å². The third-order valence-corrected chi connectivity index (χ3v) is 8.30. The maximum atomic E-state index is 6.32. The maximum Gasteiger partial charge on any atom is 0.0443 e. The van der Waals surface area contributed by atoms with Gasteiger partial charge in [0, 0.05) is 23.5 Å². The second-order valence-corrected chi connectivity index (χ2v) is 11.3. The Bertz CT molecular complexity index is 835. The summed E-state index contributed by atoms with van der Waals surface area (Å²) in [5.41, 5.74) is 12.3. The van der Waals surface area contributed by atoms with Gasteiger partial charge in [0.25, 0.3) is 0 Å². The third-order valence-electron chi connectivity index (χ3n) is 8.30. The Balaban J connectivity index is 0.000000163. The van der Waals surface area contributed by atoms with Gasteiger partial charge in [0.1, 0.15) is 0 Å². The quantitative estimate of drug-likeness (QED) is 0.665. The van der Waals surface area contributed by atoms with E-state index in [2.05, 4.69) is 72.4 Å². The molecule has 0 saturated heterocycles. The predicted molar refractivity (Wildman–Crippen MR) is 136 cm³/mol. The van der Waals surface area contributed by atoms with E-state index in [1.165, 1.54) is 67.4 Å². The highest BCUT2D eigenvalue weighted by Gasteiger charge is 2.48. The minimum Gasteiger partial charge on any atom is -0.341 e. The summed E-state index contributed by atoms with van der Waals surface area (Å²) in [7, 11) is 4.29.